The first-order chi connectivity index (χ1) is 9.90. The van der Waals surface area contributed by atoms with Crippen LogP contribution in [0.4, 0.5) is 10.2 Å². The van der Waals surface area contributed by atoms with E-state index in [1.165, 1.54) is 12.3 Å². The van der Waals surface area contributed by atoms with Gasteiger partial charge in [-0.2, -0.15) is 0 Å². The van der Waals surface area contributed by atoms with Crippen molar-refractivity contribution < 1.29 is 9.18 Å². The van der Waals surface area contributed by atoms with E-state index in [0.29, 0.717) is 23.9 Å². The first-order valence-corrected chi connectivity index (χ1v) is 7.60. The number of amides is 1. The predicted octanol–water partition coefficient (Wildman–Crippen LogP) is 2.96. The van der Waals surface area contributed by atoms with E-state index in [4.69, 9.17) is 11.6 Å². The zero-order valence-electron chi connectivity index (χ0n) is 12.6. The van der Waals surface area contributed by atoms with Gasteiger partial charge < -0.3 is 9.80 Å². The van der Waals surface area contributed by atoms with E-state index in [9.17, 15) is 9.18 Å². The van der Waals surface area contributed by atoms with E-state index in [1.54, 1.807) is 4.90 Å². The summed E-state index contributed by atoms with van der Waals surface area (Å²) in [4.78, 5) is 20.0. The highest BCUT2D eigenvalue weighted by Crippen LogP contribution is 2.26. The third-order valence-electron chi connectivity index (χ3n) is 4.05. The van der Waals surface area contributed by atoms with Crippen molar-refractivity contribution in [3.63, 3.8) is 0 Å². The van der Waals surface area contributed by atoms with Gasteiger partial charge in [0, 0.05) is 38.3 Å². The summed E-state index contributed by atoms with van der Waals surface area (Å²) < 4.78 is 13.9. The lowest BCUT2D eigenvalue weighted by Crippen LogP contribution is -2.43. The minimum absolute atomic E-state index is 0.0176. The molecule has 116 valence electrons. The molecule has 4 nitrogen and oxygen atoms in total. The van der Waals surface area contributed by atoms with E-state index < -0.39 is 5.82 Å². The number of hydrogen-bond acceptors (Lipinski definition) is 3. The van der Waals surface area contributed by atoms with E-state index in [0.717, 1.165) is 12.8 Å². The molecule has 2 heterocycles. The van der Waals surface area contributed by atoms with Crippen LogP contribution in [-0.2, 0) is 4.79 Å². The summed E-state index contributed by atoms with van der Waals surface area (Å²) in [5.74, 6) is 0.104. The van der Waals surface area contributed by atoms with Crippen molar-refractivity contribution in [3.8, 4) is 0 Å². The number of halogens is 2. The molecule has 1 amide bonds. The van der Waals surface area contributed by atoms with Gasteiger partial charge in [0.2, 0.25) is 5.91 Å². The quantitative estimate of drug-likeness (QED) is 0.861. The molecule has 0 aromatic carbocycles. The molecular weight excluding hydrogens is 293 g/mol. The van der Waals surface area contributed by atoms with Crippen molar-refractivity contribution in [1.29, 1.82) is 0 Å². The normalized spacial score (nSPS) is 16.4. The van der Waals surface area contributed by atoms with Crippen LogP contribution in [0.25, 0.3) is 0 Å². The van der Waals surface area contributed by atoms with Crippen LogP contribution in [0, 0.1) is 11.7 Å². The monoisotopic (exact) mass is 313 g/mol. The molecule has 0 bridgehead atoms. The first-order valence-electron chi connectivity index (χ1n) is 7.22. The number of rotatable bonds is 3. The maximum Gasteiger partial charge on any atom is 0.225 e. The molecule has 0 unspecified atom stereocenters. The van der Waals surface area contributed by atoms with Crippen molar-refractivity contribution in [2.24, 2.45) is 5.92 Å². The van der Waals surface area contributed by atoms with Gasteiger partial charge in [0.15, 0.2) is 11.6 Å². The molecule has 0 atom stereocenters. The lowest BCUT2D eigenvalue weighted by molar-refractivity contribution is -0.136. The predicted molar refractivity (Wildman–Crippen MR) is 82.0 cm³/mol. The van der Waals surface area contributed by atoms with E-state index in [-0.39, 0.29) is 17.9 Å². The van der Waals surface area contributed by atoms with Gasteiger partial charge in [0.1, 0.15) is 0 Å². The number of carbonyl (C=O) groups is 1. The fourth-order valence-corrected chi connectivity index (χ4v) is 2.67. The molecule has 1 aliphatic heterocycles. The van der Waals surface area contributed by atoms with Crippen molar-refractivity contribution in [1.82, 2.24) is 9.88 Å². The van der Waals surface area contributed by atoms with Crippen molar-refractivity contribution in [2.45, 2.75) is 32.7 Å². The van der Waals surface area contributed by atoms with Crippen LogP contribution in [-0.4, -0.2) is 42.0 Å². The zero-order valence-corrected chi connectivity index (χ0v) is 13.4. The fourth-order valence-electron chi connectivity index (χ4n) is 2.52. The second-order valence-corrected chi connectivity index (χ2v) is 6.20. The van der Waals surface area contributed by atoms with Gasteiger partial charge in [-0.05, 0) is 32.8 Å². The molecule has 0 radical (unpaired) electrons. The molecule has 1 aromatic rings. The third-order valence-corrected chi connectivity index (χ3v) is 4.26. The molecule has 6 heteroatoms. The van der Waals surface area contributed by atoms with Crippen LogP contribution in [0.2, 0.25) is 5.02 Å². The van der Waals surface area contributed by atoms with Crippen molar-refractivity contribution in [2.75, 3.05) is 25.0 Å². The Morgan fingerprint density at radius 3 is 2.62 bits per heavy atom. The van der Waals surface area contributed by atoms with Crippen LogP contribution >= 0.6 is 11.6 Å². The van der Waals surface area contributed by atoms with Crippen molar-refractivity contribution in [3.05, 3.63) is 23.1 Å². The Hall–Kier alpha value is -1.36. The number of piperidine rings is 1. The number of hydrogen-bond donors (Lipinski definition) is 0. The average molecular weight is 314 g/mol. The molecule has 0 N–H and O–H groups in total. The van der Waals surface area contributed by atoms with Gasteiger partial charge in [-0.1, -0.05) is 11.6 Å². The van der Waals surface area contributed by atoms with Gasteiger partial charge >= 0.3 is 0 Å². The Balaban J connectivity index is 1.98. The lowest BCUT2D eigenvalue weighted by Gasteiger charge is -2.34. The highest BCUT2D eigenvalue weighted by molar-refractivity contribution is 6.30. The Morgan fingerprint density at radius 1 is 1.48 bits per heavy atom. The Bertz CT molecular complexity index is 516. The summed E-state index contributed by atoms with van der Waals surface area (Å²) in [5, 5.41) is 0.292. The first kappa shape index (κ1) is 16.0. The Morgan fingerprint density at radius 2 is 2.10 bits per heavy atom. The largest absolute Gasteiger partial charge is 0.354 e. The number of carbonyl (C=O) groups excluding carboxylic acids is 1. The topological polar surface area (TPSA) is 36.4 Å². The second kappa shape index (κ2) is 6.60. The molecule has 1 saturated heterocycles. The molecule has 2 rings (SSSR count). The molecule has 21 heavy (non-hydrogen) atoms. The van der Waals surface area contributed by atoms with Gasteiger partial charge in [-0.15, -0.1) is 0 Å². The molecule has 1 fully saturated rings. The molecule has 1 aromatic heterocycles. The summed E-state index contributed by atoms with van der Waals surface area (Å²) in [6.07, 6.45) is 2.89. The Kier molecular flexibility index (Phi) is 5.04. The summed E-state index contributed by atoms with van der Waals surface area (Å²) >= 11 is 5.71. The highest BCUT2D eigenvalue weighted by atomic mass is 35.5. The smallest absolute Gasteiger partial charge is 0.225 e. The fraction of sp³-hybridized carbons (Fsp3) is 0.600. The van der Waals surface area contributed by atoms with Crippen LogP contribution in [0.1, 0.15) is 26.7 Å². The zero-order chi connectivity index (χ0) is 15.6. The minimum Gasteiger partial charge on any atom is -0.354 e. The van der Waals surface area contributed by atoms with Crippen molar-refractivity contribution >= 4 is 23.3 Å². The highest BCUT2D eigenvalue weighted by Gasteiger charge is 2.29. The third kappa shape index (κ3) is 3.64. The second-order valence-electron chi connectivity index (χ2n) is 5.76. The summed E-state index contributed by atoms with van der Waals surface area (Å²) in [6.45, 7) is 5.27. The van der Waals surface area contributed by atoms with Crippen LogP contribution in [0.3, 0.4) is 0 Å². The maximum absolute atomic E-state index is 13.9. The lowest BCUT2D eigenvalue weighted by atomic mass is 9.95. The summed E-state index contributed by atoms with van der Waals surface area (Å²) in [7, 11) is 1.83. The van der Waals surface area contributed by atoms with Crippen LogP contribution in [0.5, 0.6) is 0 Å². The average Bonchev–Trinajstić information content (AvgIpc) is 2.46. The van der Waals surface area contributed by atoms with E-state index in [2.05, 4.69) is 4.98 Å². The van der Waals surface area contributed by atoms with Gasteiger partial charge in [-0.3, -0.25) is 4.79 Å². The van der Waals surface area contributed by atoms with Crippen LogP contribution in [0.15, 0.2) is 12.3 Å². The SMILES string of the molecule is CC(C)N(C)C(=O)C1CCN(c2ncc(Cl)cc2F)CC1. The van der Waals surface area contributed by atoms with E-state index in [1.807, 2.05) is 25.8 Å². The molecule has 0 saturated carbocycles. The molecule has 0 spiro atoms. The minimum atomic E-state index is -0.411. The number of pyridine rings is 1. The van der Waals surface area contributed by atoms with E-state index >= 15 is 0 Å². The van der Waals surface area contributed by atoms with Gasteiger partial charge in [0.25, 0.3) is 0 Å². The molecular formula is C15H21ClFN3O. The summed E-state index contributed by atoms with van der Waals surface area (Å²) in [5.41, 5.74) is 0. The number of nitrogens with zero attached hydrogens (tertiary/aromatic N) is 3. The number of aromatic nitrogens is 1. The van der Waals surface area contributed by atoms with Gasteiger partial charge in [0.05, 0.1) is 5.02 Å². The van der Waals surface area contributed by atoms with Gasteiger partial charge in [-0.25, -0.2) is 9.37 Å². The maximum atomic E-state index is 13.9. The standard InChI is InChI=1S/C15H21ClFN3O/c1-10(2)19(3)15(21)11-4-6-20(7-5-11)14-13(17)8-12(16)9-18-14/h8-11H,4-7H2,1-3H3. The molecule has 0 aliphatic carbocycles. The summed E-state index contributed by atoms with van der Waals surface area (Å²) in [6, 6.07) is 1.47. The Labute approximate surface area is 129 Å². The van der Waals surface area contributed by atoms with Crippen LogP contribution < -0.4 is 4.90 Å². The number of anilines is 1. The molecule has 1 aliphatic rings.